The molecule has 0 saturated carbocycles. The van der Waals surface area contributed by atoms with Crippen molar-refractivity contribution in [2.24, 2.45) is 7.05 Å². The molecule has 1 aliphatic rings. The average molecular weight is 448 g/mol. The number of halogens is 1. The fraction of sp³-hybridized carbons (Fsp3) is 0.278. The minimum Gasteiger partial charge on any atom is -0.441 e. The molecule has 1 saturated heterocycles. The molecule has 31 heavy (non-hydrogen) atoms. The van der Waals surface area contributed by atoms with Crippen molar-refractivity contribution in [3.8, 4) is 22.6 Å². The highest BCUT2D eigenvalue weighted by Gasteiger charge is 2.33. The number of hydrogen-bond acceptors (Lipinski definition) is 9. The molecule has 0 aliphatic carbocycles. The molecule has 3 aromatic rings. The smallest absolute Gasteiger partial charge is 0.414 e. The van der Waals surface area contributed by atoms with Gasteiger partial charge < -0.3 is 4.74 Å². The number of amides is 1. The van der Waals surface area contributed by atoms with Gasteiger partial charge in [0.2, 0.25) is 5.82 Å². The van der Waals surface area contributed by atoms with Gasteiger partial charge in [0.25, 0.3) is 10.1 Å². The second-order valence-electron chi connectivity index (χ2n) is 6.80. The maximum absolute atomic E-state index is 14.8. The van der Waals surface area contributed by atoms with Crippen molar-refractivity contribution < 1.29 is 26.5 Å². The molecule has 13 heteroatoms. The van der Waals surface area contributed by atoms with Crippen molar-refractivity contribution in [1.82, 2.24) is 25.2 Å². The first-order valence-corrected chi connectivity index (χ1v) is 10.8. The summed E-state index contributed by atoms with van der Waals surface area (Å²) in [4.78, 5) is 18.9. The molecule has 1 amide bonds. The fourth-order valence-electron chi connectivity index (χ4n) is 3.00. The normalized spacial score (nSPS) is 16.5. The Kier molecular flexibility index (Phi) is 5.37. The molecule has 162 valence electrons. The molecule has 0 N–H and O–H groups in total. The van der Waals surface area contributed by atoms with Crippen molar-refractivity contribution in [2.75, 3.05) is 24.3 Å². The Hall–Kier alpha value is -3.45. The standard InChI is InChI=1S/C18H17FN6O5S/c1-24-22-17(21-23-24)16-6-3-11(8-20-16)14-5-4-12(7-15(14)19)25-9-13(30-18(25)26)10-29-31(2,27)28/h3-8,13H,9-10H2,1-2H3. The summed E-state index contributed by atoms with van der Waals surface area (Å²) in [5.41, 5.74) is 1.59. The maximum atomic E-state index is 14.8. The minimum atomic E-state index is -3.66. The molecule has 4 rings (SSSR count). The zero-order chi connectivity index (χ0) is 22.2. The number of rotatable bonds is 6. The molecule has 1 unspecified atom stereocenters. The van der Waals surface area contributed by atoms with E-state index < -0.39 is 28.1 Å². The highest BCUT2D eigenvalue weighted by atomic mass is 32.2. The van der Waals surface area contributed by atoms with E-state index in [1.54, 1.807) is 25.2 Å². The van der Waals surface area contributed by atoms with Crippen LogP contribution in [0.2, 0.25) is 0 Å². The van der Waals surface area contributed by atoms with E-state index in [1.165, 1.54) is 28.0 Å². The number of benzene rings is 1. The van der Waals surface area contributed by atoms with Gasteiger partial charge in [-0.3, -0.25) is 14.1 Å². The Morgan fingerprint density at radius 1 is 1.29 bits per heavy atom. The van der Waals surface area contributed by atoms with E-state index in [1.807, 2.05) is 0 Å². The third-order valence-corrected chi connectivity index (χ3v) is 4.98. The number of tetrazole rings is 1. The van der Waals surface area contributed by atoms with Crippen LogP contribution in [0.4, 0.5) is 14.9 Å². The third-order valence-electron chi connectivity index (χ3n) is 4.42. The van der Waals surface area contributed by atoms with Gasteiger partial charge in [0.1, 0.15) is 24.2 Å². The molecule has 0 bridgehead atoms. The Balaban J connectivity index is 1.50. The lowest BCUT2D eigenvalue weighted by molar-refractivity contribution is 0.107. The molecule has 3 heterocycles. The summed E-state index contributed by atoms with van der Waals surface area (Å²) in [7, 11) is -2.02. The van der Waals surface area contributed by atoms with E-state index in [2.05, 4.69) is 24.6 Å². The average Bonchev–Trinajstić information content (AvgIpc) is 3.31. The van der Waals surface area contributed by atoms with Crippen LogP contribution >= 0.6 is 0 Å². The molecule has 1 atom stereocenters. The van der Waals surface area contributed by atoms with E-state index in [0.717, 1.165) is 6.26 Å². The van der Waals surface area contributed by atoms with Gasteiger partial charge in [-0.1, -0.05) is 6.07 Å². The summed E-state index contributed by atoms with van der Waals surface area (Å²) in [6, 6.07) is 7.63. The van der Waals surface area contributed by atoms with Gasteiger partial charge in [-0.2, -0.15) is 13.2 Å². The van der Waals surface area contributed by atoms with Crippen molar-refractivity contribution >= 4 is 21.9 Å². The van der Waals surface area contributed by atoms with E-state index in [0.29, 0.717) is 22.6 Å². The van der Waals surface area contributed by atoms with Crippen LogP contribution in [0.25, 0.3) is 22.6 Å². The number of anilines is 1. The van der Waals surface area contributed by atoms with E-state index in [-0.39, 0.29) is 18.8 Å². The summed E-state index contributed by atoms with van der Waals surface area (Å²) in [5.74, 6) is -0.208. The lowest BCUT2D eigenvalue weighted by Gasteiger charge is -2.14. The molecule has 0 spiro atoms. The number of carbonyl (C=O) groups is 1. The Morgan fingerprint density at radius 2 is 2.10 bits per heavy atom. The quantitative estimate of drug-likeness (QED) is 0.513. The lowest BCUT2D eigenvalue weighted by atomic mass is 10.1. The van der Waals surface area contributed by atoms with Gasteiger partial charge >= 0.3 is 6.09 Å². The zero-order valence-electron chi connectivity index (χ0n) is 16.5. The Bertz CT molecular complexity index is 1230. The number of nitrogens with zero attached hydrogens (tertiary/aromatic N) is 6. The SMILES string of the molecule is Cn1nnc(-c2ccc(-c3ccc(N4CC(COS(C)(=O)=O)OC4=O)cc3F)cn2)n1. The molecule has 2 aromatic heterocycles. The summed E-state index contributed by atoms with van der Waals surface area (Å²) >= 11 is 0. The highest BCUT2D eigenvalue weighted by molar-refractivity contribution is 7.85. The van der Waals surface area contributed by atoms with Crippen LogP contribution < -0.4 is 4.90 Å². The molecule has 1 aromatic carbocycles. The van der Waals surface area contributed by atoms with Gasteiger partial charge in [-0.15, -0.1) is 10.2 Å². The van der Waals surface area contributed by atoms with Crippen LogP contribution in [0.5, 0.6) is 0 Å². The van der Waals surface area contributed by atoms with Crippen LogP contribution in [0.3, 0.4) is 0 Å². The van der Waals surface area contributed by atoms with Crippen molar-refractivity contribution in [3.05, 3.63) is 42.3 Å². The maximum Gasteiger partial charge on any atom is 0.414 e. The second-order valence-corrected chi connectivity index (χ2v) is 8.45. The van der Waals surface area contributed by atoms with Crippen LogP contribution in [0, 0.1) is 5.82 Å². The molecule has 1 fully saturated rings. The van der Waals surface area contributed by atoms with Crippen LogP contribution in [0.1, 0.15) is 0 Å². The predicted octanol–water partition coefficient (Wildman–Crippen LogP) is 1.38. The lowest BCUT2D eigenvalue weighted by Crippen LogP contribution is -2.26. The Labute approximate surface area is 176 Å². The molecular weight excluding hydrogens is 431 g/mol. The van der Waals surface area contributed by atoms with Gasteiger partial charge in [0.15, 0.2) is 0 Å². The highest BCUT2D eigenvalue weighted by Crippen LogP contribution is 2.29. The number of ether oxygens (including phenoxy) is 1. The van der Waals surface area contributed by atoms with Crippen molar-refractivity contribution in [1.29, 1.82) is 0 Å². The predicted molar refractivity (Wildman–Crippen MR) is 106 cm³/mol. The van der Waals surface area contributed by atoms with E-state index in [9.17, 15) is 17.6 Å². The molecule has 11 nitrogen and oxygen atoms in total. The zero-order valence-corrected chi connectivity index (χ0v) is 17.3. The van der Waals surface area contributed by atoms with Crippen LogP contribution in [0.15, 0.2) is 36.5 Å². The number of carbonyl (C=O) groups excluding carboxylic acids is 1. The number of hydrogen-bond donors (Lipinski definition) is 0. The first-order chi connectivity index (χ1) is 14.7. The minimum absolute atomic E-state index is 0.0362. The van der Waals surface area contributed by atoms with Gasteiger partial charge in [-0.25, -0.2) is 9.18 Å². The van der Waals surface area contributed by atoms with Crippen LogP contribution in [-0.4, -0.2) is 65.2 Å². The molecule has 0 radical (unpaired) electrons. The Morgan fingerprint density at radius 3 is 2.71 bits per heavy atom. The summed E-state index contributed by atoms with van der Waals surface area (Å²) in [6.45, 7) is -0.269. The number of cyclic esters (lactones) is 1. The van der Waals surface area contributed by atoms with Crippen molar-refractivity contribution in [2.45, 2.75) is 6.10 Å². The second kappa shape index (κ2) is 8.00. The number of aryl methyl sites for hydroxylation is 1. The first-order valence-electron chi connectivity index (χ1n) is 9.02. The summed E-state index contributed by atoms with van der Waals surface area (Å²) in [5, 5.41) is 11.7. The van der Waals surface area contributed by atoms with Crippen LogP contribution in [-0.2, 0) is 26.1 Å². The third kappa shape index (κ3) is 4.67. The molecule has 1 aliphatic heterocycles. The van der Waals surface area contributed by atoms with Gasteiger partial charge in [0, 0.05) is 17.3 Å². The largest absolute Gasteiger partial charge is 0.441 e. The first kappa shape index (κ1) is 20.8. The molecular formula is C18H17FN6O5S. The fourth-order valence-corrected chi connectivity index (χ4v) is 3.40. The van der Waals surface area contributed by atoms with E-state index in [4.69, 9.17) is 4.74 Å². The summed E-state index contributed by atoms with van der Waals surface area (Å²) in [6.07, 6.45) is 0.904. The van der Waals surface area contributed by atoms with Gasteiger partial charge in [0.05, 0.1) is 25.5 Å². The monoisotopic (exact) mass is 448 g/mol. The van der Waals surface area contributed by atoms with Gasteiger partial charge in [-0.05, 0) is 29.5 Å². The topological polar surface area (TPSA) is 129 Å². The number of aromatic nitrogens is 5. The van der Waals surface area contributed by atoms with E-state index >= 15 is 0 Å². The summed E-state index contributed by atoms with van der Waals surface area (Å²) < 4.78 is 46.7. The van der Waals surface area contributed by atoms with Crippen molar-refractivity contribution in [3.63, 3.8) is 0 Å². The number of pyridine rings is 1.